The molecule has 2 heteroatoms. The monoisotopic (exact) mass is 587 g/mol. The van der Waals surface area contributed by atoms with Gasteiger partial charge in [0.1, 0.15) is 11.2 Å². The summed E-state index contributed by atoms with van der Waals surface area (Å²) in [5, 5.41) is 6.87. The van der Waals surface area contributed by atoms with Gasteiger partial charge in [0.05, 0.1) is 11.1 Å². The molecule has 216 valence electrons. The van der Waals surface area contributed by atoms with Crippen LogP contribution in [0.1, 0.15) is 0 Å². The summed E-state index contributed by atoms with van der Waals surface area (Å²) in [4.78, 5) is 2.44. The molecule has 0 saturated carbocycles. The van der Waals surface area contributed by atoms with Crippen molar-refractivity contribution in [2.24, 2.45) is 0 Å². The lowest BCUT2D eigenvalue weighted by Gasteiger charge is -2.30. The van der Waals surface area contributed by atoms with Crippen molar-refractivity contribution in [1.82, 2.24) is 0 Å². The van der Waals surface area contributed by atoms with Gasteiger partial charge in [-0.1, -0.05) is 146 Å². The van der Waals surface area contributed by atoms with E-state index in [2.05, 4.69) is 181 Å². The Morgan fingerprint density at radius 1 is 0.391 bits per heavy atom. The second-order valence-corrected chi connectivity index (χ2v) is 11.7. The van der Waals surface area contributed by atoms with Crippen LogP contribution in [0.15, 0.2) is 180 Å². The molecule has 0 amide bonds. The summed E-state index contributed by atoms with van der Waals surface area (Å²) in [6.45, 7) is 0. The second-order valence-electron chi connectivity index (χ2n) is 11.7. The van der Waals surface area contributed by atoms with E-state index in [4.69, 9.17) is 4.42 Å². The van der Waals surface area contributed by atoms with Gasteiger partial charge in [-0.2, -0.15) is 0 Å². The third-order valence-corrected chi connectivity index (χ3v) is 9.00. The highest BCUT2D eigenvalue weighted by molar-refractivity contribution is 6.27. The third kappa shape index (κ3) is 4.27. The molecule has 0 aliphatic carbocycles. The predicted octanol–water partition coefficient (Wildman–Crippen LogP) is 12.7. The molecule has 0 N–H and O–H groups in total. The van der Waals surface area contributed by atoms with Crippen molar-refractivity contribution in [2.45, 2.75) is 0 Å². The van der Waals surface area contributed by atoms with Gasteiger partial charge >= 0.3 is 0 Å². The van der Waals surface area contributed by atoms with Gasteiger partial charge in [-0.15, -0.1) is 0 Å². The average molecular weight is 588 g/mol. The van der Waals surface area contributed by atoms with Crippen LogP contribution in [-0.2, 0) is 0 Å². The number of furan rings is 1. The van der Waals surface area contributed by atoms with E-state index < -0.39 is 0 Å². The molecule has 1 heterocycles. The highest BCUT2D eigenvalue weighted by atomic mass is 16.3. The van der Waals surface area contributed by atoms with Gasteiger partial charge in [0.15, 0.2) is 0 Å². The number of benzene rings is 8. The molecule has 8 aromatic carbocycles. The summed E-state index contributed by atoms with van der Waals surface area (Å²) in [5.74, 6) is 0. The van der Waals surface area contributed by atoms with Crippen LogP contribution in [0.25, 0.3) is 65.7 Å². The van der Waals surface area contributed by atoms with Crippen molar-refractivity contribution < 1.29 is 4.42 Å². The Balaban J connectivity index is 1.47. The smallest absolute Gasteiger partial charge is 0.145 e. The first-order valence-electron chi connectivity index (χ1n) is 15.7. The molecule has 1 aromatic heterocycles. The van der Waals surface area contributed by atoms with Crippen LogP contribution >= 0.6 is 0 Å². The molecular weight excluding hydrogens is 558 g/mol. The van der Waals surface area contributed by atoms with E-state index in [1.807, 2.05) is 0 Å². The summed E-state index contributed by atoms with van der Waals surface area (Å²) in [7, 11) is 0. The predicted molar refractivity (Wildman–Crippen MR) is 194 cm³/mol. The van der Waals surface area contributed by atoms with Crippen LogP contribution in [0.4, 0.5) is 17.1 Å². The van der Waals surface area contributed by atoms with Crippen molar-refractivity contribution >= 4 is 60.5 Å². The third-order valence-electron chi connectivity index (χ3n) is 9.00. The molecule has 46 heavy (non-hydrogen) atoms. The zero-order valence-corrected chi connectivity index (χ0v) is 25.1. The molecule has 0 aliphatic rings. The lowest BCUT2D eigenvalue weighted by atomic mass is 9.91. The van der Waals surface area contributed by atoms with Gasteiger partial charge in [-0.05, 0) is 63.2 Å². The number of rotatable bonds is 5. The van der Waals surface area contributed by atoms with Crippen molar-refractivity contribution in [3.63, 3.8) is 0 Å². The lowest BCUT2D eigenvalue weighted by Crippen LogP contribution is -2.12. The molecule has 0 fully saturated rings. The van der Waals surface area contributed by atoms with Crippen molar-refractivity contribution in [3.8, 4) is 22.3 Å². The molecule has 9 aromatic rings. The Morgan fingerprint density at radius 2 is 1.00 bits per heavy atom. The highest BCUT2D eigenvalue weighted by Crippen LogP contribution is 2.52. The van der Waals surface area contributed by atoms with Gasteiger partial charge < -0.3 is 9.32 Å². The van der Waals surface area contributed by atoms with Crippen LogP contribution in [0.3, 0.4) is 0 Å². The minimum atomic E-state index is 0.880. The molecule has 0 saturated heterocycles. The second kappa shape index (κ2) is 10.8. The first kappa shape index (κ1) is 26.3. The zero-order valence-electron chi connectivity index (χ0n) is 25.1. The molecular formula is C44H29NO. The van der Waals surface area contributed by atoms with Gasteiger partial charge in [-0.3, -0.25) is 0 Å². The van der Waals surface area contributed by atoms with Gasteiger partial charge in [0.25, 0.3) is 0 Å². The minimum Gasteiger partial charge on any atom is -0.455 e. The molecule has 0 radical (unpaired) electrons. The number of hydrogen-bond acceptors (Lipinski definition) is 2. The Labute approximate surface area is 267 Å². The normalized spacial score (nSPS) is 11.5. The van der Waals surface area contributed by atoms with E-state index >= 15 is 0 Å². The molecule has 9 rings (SSSR count). The van der Waals surface area contributed by atoms with Crippen LogP contribution in [0.2, 0.25) is 0 Å². The summed E-state index contributed by atoms with van der Waals surface area (Å²) >= 11 is 0. The maximum absolute atomic E-state index is 6.76. The molecule has 2 nitrogen and oxygen atoms in total. The SMILES string of the molecule is c1ccc(-c2cccc(N(c3ccc4ccccc4c3)c3c(-c4ccccc4)c4ccccc4c4oc5ccccc5c34)c2)cc1. The van der Waals surface area contributed by atoms with Crippen molar-refractivity contribution in [2.75, 3.05) is 4.90 Å². The molecule has 0 bridgehead atoms. The fourth-order valence-corrected chi connectivity index (χ4v) is 6.92. The first-order valence-corrected chi connectivity index (χ1v) is 15.7. The number of para-hydroxylation sites is 1. The largest absolute Gasteiger partial charge is 0.455 e. The standard InChI is InChI=1S/C44H29NO/c1-3-14-30(15-4-1)34-20-13-21-35(28-34)45(36-27-26-31-16-7-8-19-33(31)29-36)43-41(32-17-5-2-6-18-32)37-22-9-10-23-38(37)44-42(43)39-24-11-12-25-40(39)46-44/h1-29H. The Bertz CT molecular complexity index is 2530. The quantitative estimate of drug-likeness (QED) is 0.199. The van der Waals surface area contributed by atoms with Crippen LogP contribution in [0.5, 0.6) is 0 Å². The van der Waals surface area contributed by atoms with Gasteiger partial charge in [-0.25, -0.2) is 0 Å². The van der Waals surface area contributed by atoms with Crippen molar-refractivity contribution in [1.29, 1.82) is 0 Å². The highest BCUT2D eigenvalue weighted by Gasteiger charge is 2.27. The van der Waals surface area contributed by atoms with Gasteiger partial charge in [0, 0.05) is 27.7 Å². The zero-order chi connectivity index (χ0) is 30.5. The van der Waals surface area contributed by atoms with E-state index in [1.165, 1.54) is 27.5 Å². The van der Waals surface area contributed by atoms with E-state index in [0.29, 0.717) is 0 Å². The summed E-state index contributed by atoms with van der Waals surface area (Å²) < 4.78 is 6.76. The Kier molecular flexibility index (Phi) is 6.17. The summed E-state index contributed by atoms with van der Waals surface area (Å²) in [5.41, 5.74) is 9.73. The average Bonchev–Trinajstić information content (AvgIpc) is 3.52. The first-order chi connectivity index (χ1) is 22.8. The summed E-state index contributed by atoms with van der Waals surface area (Å²) in [6, 6.07) is 62.7. The number of fused-ring (bicyclic) bond motifs is 6. The van der Waals surface area contributed by atoms with Crippen LogP contribution < -0.4 is 4.90 Å². The Hall–Kier alpha value is -6.12. The molecule has 0 atom stereocenters. The Morgan fingerprint density at radius 3 is 1.80 bits per heavy atom. The number of anilines is 3. The van der Waals surface area contributed by atoms with E-state index in [0.717, 1.165) is 55.3 Å². The summed E-state index contributed by atoms with van der Waals surface area (Å²) in [6.07, 6.45) is 0. The fourth-order valence-electron chi connectivity index (χ4n) is 6.92. The topological polar surface area (TPSA) is 16.4 Å². The molecule has 0 unspecified atom stereocenters. The lowest BCUT2D eigenvalue weighted by molar-refractivity contribution is 0.672. The van der Waals surface area contributed by atoms with Crippen LogP contribution in [-0.4, -0.2) is 0 Å². The maximum atomic E-state index is 6.76. The van der Waals surface area contributed by atoms with E-state index in [-0.39, 0.29) is 0 Å². The molecule has 0 aliphatic heterocycles. The van der Waals surface area contributed by atoms with Crippen LogP contribution in [0, 0.1) is 0 Å². The molecule has 0 spiro atoms. The van der Waals surface area contributed by atoms with E-state index in [1.54, 1.807) is 0 Å². The van der Waals surface area contributed by atoms with Crippen molar-refractivity contribution in [3.05, 3.63) is 176 Å². The minimum absolute atomic E-state index is 0.880. The van der Waals surface area contributed by atoms with Gasteiger partial charge in [0.2, 0.25) is 0 Å². The fraction of sp³-hybridized carbons (Fsp3) is 0. The van der Waals surface area contributed by atoms with E-state index in [9.17, 15) is 0 Å². The number of nitrogens with zero attached hydrogens (tertiary/aromatic N) is 1. The maximum Gasteiger partial charge on any atom is 0.145 e. The number of hydrogen-bond donors (Lipinski definition) is 0.